The number of benzene rings is 1. The molecular formula is C19H19F2N3OS. The minimum atomic E-state index is -2.49. The number of aliphatic hydroxyl groups is 1. The van der Waals surface area contributed by atoms with Crippen LogP contribution in [-0.4, -0.2) is 20.3 Å². The van der Waals surface area contributed by atoms with Crippen molar-refractivity contribution < 1.29 is 13.9 Å². The number of halogens is 2. The van der Waals surface area contributed by atoms with Crippen molar-refractivity contribution in [2.75, 3.05) is 0 Å². The van der Waals surface area contributed by atoms with Gasteiger partial charge in [0.25, 0.3) is 6.43 Å². The Labute approximate surface area is 152 Å². The SMILES string of the molecule is CCC(O)(CC)c1ccc2cc(-c3n[nH]c4cc(C(F)F)sc34)[nH]c2c1. The first kappa shape index (κ1) is 17.2. The molecule has 0 radical (unpaired) electrons. The first-order valence-corrected chi connectivity index (χ1v) is 9.38. The molecule has 0 amide bonds. The topological polar surface area (TPSA) is 64.7 Å². The summed E-state index contributed by atoms with van der Waals surface area (Å²) in [7, 11) is 0. The van der Waals surface area contributed by atoms with Gasteiger partial charge in [-0.1, -0.05) is 26.0 Å². The third-order valence-corrected chi connectivity index (χ3v) is 6.20. The largest absolute Gasteiger partial charge is 0.385 e. The normalized spacial score (nSPS) is 12.7. The molecule has 3 heterocycles. The number of rotatable bonds is 5. The van der Waals surface area contributed by atoms with Crippen LogP contribution in [-0.2, 0) is 5.60 Å². The maximum Gasteiger partial charge on any atom is 0.272 e. The Morgan fingerprint density at radius 3 is 2.62 bits per heavy atom. The average molecular weight is 375 g/mol. The van der Waals surface area contributed by atoms with E-state index in [9.17, 15) is 13.9 Å². The zero-order chi connectivity index (χ0) is 18.5. The van der Waals surface area contributed by atoms with Crippen LogP contribution in [0.2, 0.25) is 0 Å². The predicted molar refractivity (Wildman–Crippen MR) is 101 cm³/mol. The molecule has 0 fully saturated rings. The zero-order valence-electron chi connectivity index (χ0n) is 14.4. The second-order valence-electron chi connectivity index (χ2n) is 6.49. The summed E-state index contributed by atoms with van der Waals surface area (Å²) in [5.41, 5.74) is 2.93. The summed E-state index contributed by atoms with van der Waals surface area (Å²) < 4.78 is 26.6. The summed E-state index contributed by atoms with van der Waals surface area (Å²) in [6, 6.07) is 9.25. The van der Waals surface area contributed by atoms with Crippen LogP contribution in [0, 0.1) is 0 Å². The molecule has 3 aromatic heterocycles. The van der Waals surface area contributed by atoms with Gasteiger partial charge in [-0.2, -0.15) is 5.10 Å². The van der Waals surface area contributed by atoms with Crippen molar-refractivity contribution in [2.24, 2.45) is 0 Å². The third kappa shape index (κ3) is 2.62. The Hall–Kier alpha value is -2.25. The fourth-order valence-electron chi connectivity index (χ4n) is 3.33. The van der Waals surface area contributed by atoms with Crippen LogP contribution in [0.5, 0.6) is 0 Å². The lowest BCUT2D eigenvalue weighted by Gasteiger charge is -2.25. The second kappa shape index (κ2) is 6.17. The van der Waals surface area contributed by atoms with Crippen LogP contribution in [0.1, 0.15) is 43.6 Å². The number of alkyl halides is 2. The summed E-state index contributed by atoms with van der Waals surface area (Å²) in [6.07, 6.45) is -1.22. The van der Waals surface area contributed by atoms with E-state index < -0.39 is 12.0 Å². The van der Waals surface area contributed by atoms with E-state index in [1.54, 1.807) is 0 Å². The van der Waals surface area contributed by atoms with Gasteiger partial charge in [0, 0.05) is 10.9 Å². The summed E-state index contributed by atoms with van der Waals surface area (Å²) in [5, 5.41) is 18.8. The van der Waals surface area contributed by atoms with E-state index >= 15 is 0 Å². The first-order chi connectivity index (χ1) is 12.4. The van der Waals surface area contributed by atoms with E-state index in [1.807, 2.05) is 38.1 Å². The molecule has 0 aliphatic carbocycles. The van der Waals surface area contributed by atoms with Gasteiger partial charge in [-0.15, -0.1) is 11.3 Å². The minimum Gasteiger partial charge on any atom is -0.385 e. The van der Waals surface area contributed by atoms with Crippen molar-refractivity contribution in [3.8, 4) is 11.4 Å². The van der Waals surface area contributed by atoms with Gasteiger partial charge in [0.05, 0.1) is 26.4 Å². The van der Waals surface area contributed by atoms with Gasteiger partial charge in [-0.05, 0) is 36.6 Å². The highest BCUT2D eigenvalue weighted by Crippen LogP contribution is 2.38. The molecule has 136 valence electrons. The van der Waals surface area contributed by atoms with Crippen LogP contribution in [0.25, 0.3) is 32.5 Å². The Morgan fingerprint density at radius 1 is 1.15 bits per heavy atom. The van der Waals surface area contributed by atoms with Crippen molar-refractivity contribution in [1.29, 1.82) is 0 Å². The molecule has 26 heavy (non-hydrogen) atoms. The molecule has 0 saturated heterocycles. The molecular weight excluding hydrogens is 356 g/mol. The fraction of sp³-hybridized carbons (Fsp3) is 0.316. The van der Waals surface area contributed by atoms with Crippen LogP contribution in [0.4, 0.5) is 8.78 Å². The van der Waals surface area contributed by atoms with E-state index in [2.05, 4.69) is 15.2 Å². The maximum absolute atomic E-state index is 13.0. The van der Waals surface area contributed by atoms with E-state index in [1.165, 1.54) is 6.07 Å². The van der Waals surface area contributed by atoms with Crippen molar-refractivity contribution in [3.63, 3.8) is 0 Å². The molecule has 0 unspecified atom stereocenters. The third-order valence-electron chi connectivity index (χ3n) is 5.05. The van der Waals surface area contributed by atoms with Gasteiger partial charge in [0.15, 0.2) is 0 Å². The second-order valence-corrected chi connectivity index (χ2v) is 7.57. The van der Waals surface area contributed by atoms with Crippen LogP contribution >= 0.6 is 11.3 Å². The maximum atomic E-state index is 13.0. The molecule has 0 bridgehead atoms. The molecule has 0 saturated carbocycles. The molecule has 0 spiro atoms. The molecule has 0 aliphatic heterocycles. The lowest BCUT2D eigenvalue weighted by Crippen LogP contribution is -2.23. The smallest absolute Gasteiger partial charge is 0.272 e. The number of hydrogen-bond acceptors (Lipinski definition) is 3. The minimum absolute atomic E-state index is 0.0317. The van der Waals surface area contributed by atoms with Crippen molar-refractivity contribution in [1.82, 2.24) is 15.2 Å². The number of hydrogen-bond donors (Lipinski definition) is 3. The van der Waals surface area contributed by atoms with Gasteiger partial charge in [-0.25, -0.2) is 8.78 Å². The molecule has 0 aliphatic rings. The van der Waals surface area contributed by atoms with Gasteiger partial charge in [0.1, 0.15) is 5.69 Å². The number of nitrogens with zero attached hydrogens (tertiary/aromatic N) is 1. The summed E-state index contributed by atoms with van der Waals surface area (Å²) in [4.78, 5) is 3.35. The van der Waals surface area contributed by atoms with Crippen molar-refractivity contribution in [2.45, 2.75) is 38.7 Å². The number of thiophene rings is 1. The fourth-order valence-corrected chi connectivity index (χ4v) is 4.30. The van der Waals surface area contributed by atoms with E-state index in [0.717, 1.165) is 33.5 Å². The summed E-state index contributed by atoms with van der Waals surface area (Å²) in [5.74, 6) is 0. The molecule has 4 nitrogen and oxygen atoms in total. The van der Waals surface area contributed by atoms with E-state index in [4.69, 9.17) is 0 Å². The van der Waals surface area contributed by atoms with Crippen molar-refractivity contribution >= 4 is 32.5 Å². The van der Waals surface area contributed by atoms with Crippen LogP contribution in [0.3, 0.4) is 0 Å². The van der Waals surface area contributed by atoms with Crippen LogP contribution in [0.15, 0.2) is 30.3 Å². The number of aromatic amines is 2. The first-order valence-electron chi connectivity index (χ1n) is 8.57. The summed E-state index contributed by atoms with van der Waals surface area (Å²) >= 11 is 1.05. The Bertz CT molecular complexity index is 1080. The highest BCUT2D eigenvalue weighted by Gasteiger charge is 2.25. The van der Waals surface area contributed by atoms with Gasteiger partial charge in [0.2, 0.25) is 0 Å². The summed E-state index contributed by atoms with van der Waals surface area (Å²) in [6.45, 7) is 3.93. The number of H-pyrrole nitrogens is 2. The molecule has 1 aromatic carbocycles. The van der Waals surface area contributed by atoms with Gasteiger partial charge < -0.3 is 10.1 Å². The predicted octanol–water partition coefficient (Wildman–Crippen LogP) is 5.72. The highest BCUT2D eigenvalue weighted by molar-refractivity contribution is 7.19. The lowest BCUT2D eigenvalue weighted by atomic mass is 9.88. The lowest BCUT2D eigenvalue weighted by molar-refractivity contribution is 0.0285. The molecule has 3 N–H and O–H groups in total. The molecule has 4 rings (SSSR count). The standard InChI is InChI=1S/C19H19F2N3OS/c1-3-19(25,4-2)11-6-5-10-7-13(22-12(10)8-11)16-17-14(23-24-16)9-15(26-17)18(20)21/h5-9,18,22,25H,3-4H2,1-2H3,(H,23,24). The number of aromatic nitrogens is 3. The highest BCUT2D eigenvalue weighted by atomic mass is 32.1. The number of fused-ring (bicyclic) bond motifs is 2. The van der Waals surface area contributed by atoms with Gasteiger partial charge in [-0.3, -0.25) is 5.10 Å². The number of nitrogens with one attached hydrogen (secondary N) is 2. The Balaban J connectivity index is 1.81. The average Bonchev–Trinajstić information content (AvgIpc) is 3.33. The zero-order valence-corrected chi connectivity index (χ0v) is 15.3. The Kier molecular flexibility index (Phi) is 4.08. The van der Waals surface area contributed by atoms with Gasteiger partial charge >= 0.3 is 0 Å². The Morgan fingerprint density at radius 2 is 1.92 bits per heavy atom. The quantitative estimate of drug-likeness (QED) is 0.418. The van der Waals surface area contributed by atoms with Crippen molar-refractivity contribution in [3.05, 3.63) is 40.8 Å². The van der Waals surface area contributed by atoms with E-state index in [0.29, 0.717) is 28.8 Å². The molecule has 4 aromatic rings. The van der Waals surface area contributed by atoms with E-state index in [-0.39, 0.29) is 4.88 Å². The monoisotopic (exact) mass is 375 g/mol. The molecule has 0 atom stereocenters. The molecule has 7 heteroatoms. The van der Waals surface area contributed by atoms with Crippen LogP contribution < -0.4 is 0 Å².